The molecule has 7 nitrogen and oxygen atoms in total. The molecule has 0 aliphatic carbocycles. The van der Waals surface area contributed by atoms with Crippen LogP contribution < -0.4 is 10.1 Å². The van der Waals surface area contributed by atoms with Crippen molar-refractivity contribution in [3.63, 3.8) is 0 Å². The van der Waals surface area contributed by atoms with Crippen LogP contribution in [0.2, 0.25) is 0 Å². The number of nitro groups is 1. The molecule has 2 aromatic carbocycles. The largest absolute Gasteiger partial charge is 0.467 e. The highest BCUT2D eigenvalue weighted by atomic mass is 19.1. The molecule has 0 aromatic heterocycles. The van der Waals surface area contributed by atoms with Crippen molar-refractivity contribution in [2.75, 3.05) is 6.79 Å². The van der Waals surface area contributed by atoms with Crippen molar-refractivity contribution in [1.29, 1.82) is 0 Å². The molecule has 0 saturated carbocycles. The number of fused-ring (bicyclic) bond motifs is 1. The van der Waals surface area contributed by atoms with Gasteiger partial charge in [-0.2, -0.15) is 0 Å². The van der Waals surface area contributed by atoms with Gasteiger partial charge in [-0.15, -0.1) is 0 Å². The van der Waals surface area contributed by atoms with Crippen LogP contribution in [0, 0.1) is 15.9 Å². The molecule has 1 amide bonds. The zero-order valence-electron chi connectivity index (χ0n) is 13.6. The fourth-order valence-electron chi connectivity index (χ4n) is 2.48. The first-order valence-electron chi connectivity index (χ1n) is 7.75. The highest BCUT2D eigenvalue weighted by Gasteiger charge is 2.19. The van der Waals surface area contributed by atoms with Gasteiger partial charge in [-0.1, -0.05) is 12.1 Å². The molecular formula is C18H15FN2O5. The van der Waals surface area contributed by atoms with Gasteiger partial charge in [-0.05, 0) is 23.8 Å². The lowest BCUT2D eigenvalue weighted by molar-refractivity contribution is -0.385. The Morgan fingerprint density at radius 3 is 2.81 bits per heavy atom. The number of hydrogen-bond acceptors (Lipinski definition) is 5. The molecule has 2 aromatic rings. The van der Waals surface area contributed by atoms with Gasteiger partial charge in [0.25, 0.3) is 5.69 Å². The van der Waals surface area contributed by atoms with Crippen LogP contribution in [0.5, 0.6) is 5.75 Å². The van der Waals surface area contributed by atoms with Crippen molar-refractivity contribution >= 4 is 17.7 Å². The number of nitrogens with zero attached hydrogens (tertiary/aromatic N) is 1. The molecule has 0 unspecified atom stereocenters. The summed E-state index contributed by atoms with van der Waals surface area (Å²) < 4.78 is 23.4. The predicted molar refractivity (Wildman–Crippen MR) is 90.7 cm³/mol. The van der Waals surface area contributed by atoms with E-state index in [9.17, 15) is 19.3 Å². The highest BCUT2D eigenvalue weighted by molar-refractivity contribution is 5.92. The van der Waals surface area contributed by atoms with E-state index in [1.807, 2.05) is 0 Å². The molecule has 26 heavy (non-hydrogen) atoms. The van der Waals surface area contributed by atoms with Crippen molar-refractivity contribution in [3.8, 4) is 5.75 Å². The lowest BCUT2D eigenvalue weighted by Crippen LogP contribution is -2.20. The maximum atomic E-state index is 12.9. The van der Waals surface area contributed by atoms with Crippen molar-refractivity contribution in [2.45, 2.75) is 13.2 Å². The topological polar surface area (TPSA) is 90.7 Å². The maximum absolute atomic E-state index is 12.9. The molecule has 0 radical (unpaired) electrons. The summed E-state index contributed by atoms with van der Waals surface area (Å²) in [4.78, 5) is 22.5. The fourth-order valence-corrected chi connectivity index (χ4v) is 2.48. The van der Waals surface area contributed by atoms with E-state index in [2.05, 4.69) is 5.32 Å². The van der Waals surface area contributed by atoms with E-state index in [1.54, 1.807) is 12.1 Å². The number of amides is 1. The molecule has 8 heteroatoms. The quantitative estimate of drug-likeness (QED) is 0.504. The van der Waals surface area contributed by atoms with E-state index in [4.69, 9.17) is 9.47 Å². The second kappa shape index (κ2) is 7.75. The van der Waals surface area contributed by atoms with Gasteiger partial charge in [0.15, 0.2) is 6.79 Å². The number of nitrogens with one attached hydrogen (secondary N) is 1. The highest BCUT2D eigenvalue weighted by Crippen LogP contribution is 2.33. The smallest absolute Gasteiger partial charge is 0.270 e. The molecule has 3 rings (SSSR count). The van der Waals surface area contributed by atoms with Crippen molar-refractivity contribution in [3.05, 3.63) is 75.1 Å². The average molecular weight is 358 g/mol. The first kappa shape index (κ1) is 17.6. The minimum atomic E-state index is -0.513. The third-order valence-corrected chi connectivity index (χ3v) is 3.73. The molecule has 0 saturated heterocycles. The Morgan fingerprint density at radius 2 is 2.08 bits per heavy atom. The number of rotatable bonds is 5. The summed E-state index contributed by atoms with van der Waals surface area (Å²) in [6, 6.07) is 8.50. The fraction of sp³-hybridized carbons (Fsp3) is 0.167. The van der Waals surface area contributed by atoms with Crippen molar-refractivity contribution in [2.24, 2.45) is 0 Å². The summed E-state index contributed by atoms with van der Waals surface area (Å²) in [5, 5.41) is 13.7. The lowest BCUT2D eigenvalue weighted by Gasteiger charge is -2.19. The van der Waals surface area contributed by atoms with Crippen LogP contribution in [0.1, 0.15) is 16.7 Å². The third kappa shape index (κ3) is 4.22. The minimum absolute atomic E-state index is 0.0441. The molecule has 0 spiro atoms. The van der Waals surface area contributed by atoms with E-state index < -0.39 is 4.92 Å². The molecular weight excluding hydrogens is 343 g/mol. The Morgan fingerprint density at radius 1 is 1.31 bits per heavy atom. The minimum Gasteiger partial charge on any atom is -0.467 e. The lowest BCUT2D eigenvalue weighted by atomic mass is 10.1. The summed E-state index contributed by atoms with van der Waals surface area (Å²) in [6.07, 6.45) is 2.72. The Balaban J connectivity index is 1.72. The SMILES string of the molecule is O=C(/C=C/c1cc([N+](=O)[O-])cc2c1OCOC2)NCc1ccc(F)cc1. The zero-order chi connectivity index (χ0) is 18.5. The van der Waals surface area contributed by atoms with Crippen LogP contribution >= 0.6 is 0 Å². The van der Waals surface area contributed by atoms with Crippen LogP contribution in [0.3, 0.4) is 0 Å². The standard InChI is InChI=1S/C18H15FN2O5/c19-15-4-1-12(2-5-15)9-20-17(22)6-3-13-7-16(21(23)24)8-14-10-25-11-26-18(13)14/h1-8H,9-11H2,(H,20,22)/b6-3+. The van der Waals surface area contributed by atoms with Gasteiger partial charge in [-0.3, -0.25) is 14.9 Å². The normalized spacial score (nSPS) is 13.1. The number of halogens is 1. The zero-order valence-corrected chi connectivity index (χ0v) is 13.6. The molecule has 1 aliphatic heterocycles. The van der Waals surface area contributed by atoms with E-state index in [-0.39, 0.29) is 37.4 Å². The Hall–Kier alpha value is -3.26. The van der Waals surface area contributed by atoms with Gasteiger partial charge >= 0.3 is 0 Å². The van der Waals surface area contributed by atoms with Crippen LogP contribution in [-0.4, -0.2) is 17.6 Å². The van der Waals surface area contributed by atoms with Crippen LogP contribution in [-0.2, 0) is 22.7 Å². The molecule has 0 atom stereocenters. The van der Waals surface area contributed by atoms with Crippen LogP contribution in [0.25, 0.3) is 6.08 Å². The van der Waals surface area contributed by atoms with Gasteiger partial charge in [0.2, 0.25) is 5.91 Å². The van der Waals surface area contributed by atoms with Crippen LogP contribution in [0.15, 0.2) is 42.5 Å². The van der Waals surface area contributed by atoms with Gasteiger partial charge < -0.3 is 14.8 Å². The Bertz CT molecular complexity index is 865. The van der Waals surface area contributed by atoms with E-state index in [1.165, 1.54) is 36.4 Å². The monoisotopic (exact) mass is 358 g/mol. The summed E-state index contributed by atoms with van der Waals surface area (Å²) in [5.74, 6) is -0.273. The maximum Gasteiger partial charge on any atom is 0.270 e. The van der Waals surface area contributed by atoms with E-state index >= 15 is 0 Å². The average Bonchev–Trinajstić information content (AvgIpc) is 2.65. The molecule has 0 fully saturated rings. The van der Waals surface area contributed by atoms with Crippen LogP contribution in [0.4, 0.5) is 10.1 Å². The third-order valence-electron chi connectivity index (χ3n) is 3.73. The second-order valence-electron chi connectivity index (χ2n) is 5.57. The molecule has 1 heterocycles. The number of benzene rings is 2. The Kier molecular flexibility index (Phi) is 5.23. The molecule has 134 valence electrons. The molecule has 1 N–H and O–H groups in total. The van der Waals surface area contributed by atoms with E-state index in [0.29, 0.717) is 16.9 Å². The number of hydrogen-bond donors (Lipinski definition) is 1. The Labute approximate surface area is 148 Å². The number of carbonyl (C=O) groups excluding carboxylic acids is 1. The summed E-state index contributed by atoms with van der Waals surface area (Å²) in [5.41, 5.74) is 1.62. The van der Waals surface area contributed by atoms with Gasteiger partial charge in [0.05, 0.1) is 11.5 Å². The number of non-ortho nitro benzene ring substituents is 1. The second-order valence-corrected chi connectivity index (χ2v) is 5.57. The summed E-state index contributed by atoms with van der Waals surface area (Å²) >= 11 is 0. The predicted octanol–water partition coefficient (Wildman–Crippen LogP) is 2.93. The number of ether oxygens (including phenoxy) is 2. The van der Waals surface area contributed by atoms with Gasteiger partial charge in [0, 0.05) is 35.9 Å². The molecule has 0 bridgehead atoms. The number of nitro benzene ring substituents is 1. The van der Waals surface area contributed by atoms with Crippen molar-refractivity contribution < 1.29 is 23.6 Å². The van der Waals surface area contributed by atoms with E-state index in [0.717, 1.165) is 5.56 Å². The van der Waals surface area contributed by atoms with Crippen molar-refractivity contribution in [1.82, 2.24) is 5.32 Å². The summed E-state index contributed by atoms with van der Waals surface area (Å²) in [7, 11) is 0. The summed E-state index contributed by atoms with van der Waals surface area (Å²) in [6.45, 7) is 0.484. The first-order chi connectivity index (χ1) is 12.5. The molecule has 1 aliphatic rings. The van der Waals surface area contributed by atoms with Gasteiger partial charge in [-0.25, -0.2) is 4.39 Å². The number of carbonyl (C=O) groups is 1. The van der Waals surface area contributed by atoms with Gasteiger partial charge in [0.1, 0.15) is 11.6 Å². The first-order valence-corrected chi connectivity index (χ1v) is 7.75.